The number of anilines is 1. The Morgan fingerprint density at radius 3 is 2.68 bits per heavy atom. The molecule has 1 heterocycles. The third kappa shape index (κ3) is 3.27. The second-order valence-corrected chi connectivity index (χ2v) is 6.16. The number of nitrogens with two attached hydrogens (primary N) is 1. The van der Waals surface area contributed by atoms with E-state index in [1.54, 1.807) is 6.07 Å². The molecular formula is C16H25FN2. The summed E-state index contributed by atoms with van der Waals surface area (Å²) < 4.78 is 14.0. The quantitative estimate of drug-likeness (QED) is 0.905. The first kappa shape index (κ1) is 14.3. The van der Waals surface area contributed by atoms with Gasteiger partial charge in [0.15, 0.2) is 0 Å². The van der Waals surface area contributed by atoms with Crippen molar-refractivity contribution in [3.05, 3.63) is 29.6 Å². The number of rotatable bonds is 4. The molecule has 2 atom stereocenters. The number of hydrogen-bond acceptors (Lipinski definition) is 2. The van der Waals surface area contributed by atoms with Crippen LogP contribution in [0.4, 0.5) is 10.1 Å². The molecule has 0 radical (unpaired) electrons. The van der Waals surface area contributed by atoms with Crippen molar-refractivity contribution < 1.29 is 4.39 Å². The number of nitrogens with zero attached hydrogens (tertiary/aromatic N) is 1. The van der Waals surface area contributed by atoms with Gasteiger partial charge >= 0.3 is 0 Å². The lowest BCUT2D eigenvalue weighted by molar-refractivity contribution is 0.422. The smallest absolute Gasteiger partial charge is 0.128 e. The lowest BCUT2D eigenvalue weighted by atomic mass is 9.95. The van der Waals surface area contributed by atoms with Crippen LogP contribution in [0.5, 0.6) is 0 Å². The van der Waals surface area contributed by atoms with E-state index in [0.29, 0.717) is 18.3 Å². The van der Waals surface area contributed by atoms with E-state index >= 15 is 0 Å². The molecule has 3 heteroatoms. The first-order chi connectivity index (χ1) is 8.99. The van der Waals surface area contributed by atoms with Gasteiger partial charge in [-0.2, -0.15) is 0 Å². The van der Waals surface area contributed by atoms with Crippen LogP contribution in [-0.4, -0.2) is 19.1 Å². The highest BCUT2D eigenvalue weighted by atomic mass is 19.1. The van der Waals surface area contributed by atoms with Crippen LogP contribution in [0.3, 0.4) is 0 Å². The van der Waals surface area contributed by atoms with Crippen LogP contribution in [0.15, 0.2) is 18.2 Å². The van der Waals surface area contributed by atoms with Crippen molar-refractivity contribution in [3.63, 3.8) is 0 Å². The molecule has 2 unspecified atom stereocenters. The van der Waals surface area contributed by atoms with Crippen LogP contribution >= 0.6 is 0 Å². The highest BCUT2D eigenvalue weighted by Gasteiger charge is 2.27. The van der Waals surface area contributed by atoms with Crippen molar-refractivity contribution >= 4 is 5.69 Å². The van der Waals surface area contributed by atoms with Gasteiger partial charge < -0.3 is 10.6 Å². The van der Waals surface area contributed by atoms with Gasteiger partial charge in [0.25, 0.3) is 0 Å². The first-order valence-corrected chi connectivity index (χ1v) is 7.27. The second kappa shape index (κ2) is 5.91. The van der Waals surface area contributed by atoms with Gasteiger partial charge in [0.2, 0.25) is 0 Å². The van der Waals surface area contributed by atoms with E-state index < -0.39 is 0 Å². The molecule has 0 aromatic heterocycles. The molecule has 2 nitrogen and oxygen atoms in total. The zero-order valence-electron chi connectivity index (χ0n) is 12.2. The third-order valence-corrected chi connectivity index (χ3v) is 4.13. The van der Waals surface area contributed by atoms with Gasteiger partial charge in [-0.3, -0.25) is 0 Å². The molecule has 1 aromatic rings. The summed E-state index contributed by atoms with van der Waals surface area (Å²) >= 11 is 0. The number of halogens is 1. The molecule has 0 amide bonds. The lowest BCUT2D eigenvalue weighted by Gasteiger charge is -2.24. The maximum atomic E-state index is 14.0. The largest absolute Gasteiger partial charge is 0.371 e. The minimum absolute atomic E-state index is 0.0147. The molecule has 106 valence electrons. The average Bonchev–Trinajstić information content (AvgIpc) is 2.80. The van der Waals surface area contributed by atoms with Crippen LogP contribution in [0.1, 0.15) is 32.8 Å². The molecular weight excluding hydrogens is 239 g/mol. The van der Waals surface area contributed by atoms with Gasteiger partial charge in [0.05, 0.1) is 0 Å². The summed E-state index contributed by atoms with van der Waals surface area (Å²) in [6.45, 7) is 8.52. The van der Waals surface area contributed by atoms with Gasteiger partial charge in [-0.05, 0) is 43.7 Å². The van der Waals surface area contributed by atoms with Crippen molar-refractivity contribution in [2.24, 2.45) is 17.6 Å². The fourth-order valence-electron chi connectivity index (χ4n) is 2.92. The normalized spacial score (nSPS) is 21.2. The summed E-state index contributed by atoms with van der Waals surface area (Å²) in [5.74, 6) is 1.28. The zero-order chi connectivity index (χ0) is 14.0. The Bertz CT molecular complexity index is 429. The van der Waals surface area contributed by atoms with Crippen LogP contribution in [0.25, 0.3) is 0 Å². The maximum Gasteiger partial charge on any atom is 0.128 e. The predicted molar refractivity (Wildman–Crippen MR) is 78.9 cm³/mol. The predicted octanol–water partition coefficient (Wildman–Crippen LogP) is 3.20. The number of hydrogen-bond donors (Lipinski definition) is 1. The molecule has 0 bridgehead atoms. The van der Waals surface area contributed by atoms with E-state index in [4.69, 9.17) is 5.73 Å². The minimum Gasteiger partial charge on any atom is -0.371 e. The average molecular weight is 264 g/mol. The highest BCUT2D eigenvalue weighted by molar-refractivity contribution is 5.55. The van der Waals surface area contributed by atoms with E-state index in [2.05, 4.69) is 18.7 Å². The van der Waals surface area contributed by atoms with Crippen molar-refractivity contribution in [2.75, 3.05) is 18.0 Å². The Balaban J connectivity index is 2.23. The van der Waals surface area contributed by atoms with Crippen LogP contribution in [0, 0.1) is 17.7 Å². The number of benzene rings is 1. The Morgan fingerprint density at radius 1 is 1.37 bits per heavy atom. The Morgan fingerprint density at radius 2 is 2.11 bits per heavy atom. The summed E-state index contributed by atoms with van der Waals surface area (Å²) in [4.78, 5) is 2.32. The molecule has 0 aliphatic carbocycles. The standard InChI is InChI=1S/C16H25FN2/c1-11(2)13-7-8-19(10-13)16-6-4-5-15(17)14(16)9-12(3)18/h4-6,11-13H,7-10,18H2,1-3H3. The van der Waals surface area contributed by atoms with Crippen molar-refractivity contribution in [1.82, 2.24) is 0 Å². The molecule has 1 aliphatic heterocycles. The molecule has 1 aliphatic rings. The topological polar surface area (TPSA) is 29.3 Å². The molecule has 0 spiro atoms. The van der Waals surface area contributed by atoms with E-state index in [0.717, 1.165) is 24.3 Å². The summed E-state index contributed by atoms with van der Waals surface area (Å²) in [5.41, 5.74) is 7.67. The summed E-state index contributed by atoms with van der Waals surface area (Å²) in [5, 5.41) is 0. The second-order valence-electron chi connectivity index (χ2n) is 6.16. The molecule has 2 rings (SSSR count). The SMILES string of the molecule is CC(N)Cc1c(F)cccc1N1CCC(C(C)C)C1. The van der Waals surface area contributed by atoms with Crippen LogP contribution in [-0.2, 0) is 6.42 Å². The van der Waals surface area contributed by atoms with Crippen molar-refractivity contribution in [2.45, 2.75) is 39.7 Å². The summed E-state index contributed by atoms with van der Waals surface area (Å²) in [6.07, 6.45) is 1.80. The molecule has 2 N–H and O–H groups in total. The Labute approximate surface area is 115 Å². The van der Waals surface area contributed by atoms with Crippen LogP contribution < -0.4 is 10.6 Å². The lowest BCUT2D eigenvalue weighted by Crippen LogP contribution is -2.25. The van der Waals surface area contributed by atoms with E-state index in [1.807, 2.05) is 13.0 Å². The van der Waals surface area contributed by atoms with E-state index in [-0.39, 0.29) is 11.9 Å². The highest BCUT2D eigenvalue weighted by Crippen LogP contribution is 2.31. The summed E-state index contributed by atoms with van der Waals surface area (Å²) in [7, 11) is 0. The van der Waals surface area contributed by atoms with Crippen molar-refractivity contribution in [3.8, 4) is 0 Å². The van der Waals surface area contributed by atoms with Gasteiger partial charge in [0, 0.05) is 30.4 Å². The molecule has 0 saturated carbocycles. The van der Waals surface area contributed by atoms with Gasteiger partial charge in [-0.25, -0.2) is 4.39 Å². The molecule has 1 fully saturated rings. The summed E-state index contributed by atoms with van der Waals surface area (Å²) in [6, 6.07) is 5.36. The molecule has 1 saturated heterocycles. The Hall–Kier alpha value is -1.09. The van der Waals surface area contributed by atoms with E-state index in [9.17, 15) is 4.39 Å². The van der Waals surface area contributed by atoms with Gasteiger partial charge in [-0.1, -0.05) is 19.9 Å². The fourth-order valence-corrected chi connectivity index (χ4v) is 2.92. The third-order valence-electron chi connectivity index (χ3n) is 4.13. The monoisotopic (exact) mass is 264 g/mol. The maximum absolute atomic E-state index is 14.0. The van der Waals surface area contributed by atoms with E-state index in [1.165, 1.54) is 12.5 Å². The zero-order valence-corrected chi connectivity index (χ0v) is 12.2. The van der Waals surface area contributed by atoms with Crippen LogP contribution in [0.2, 0.25) is 0 Å². The Kier molecular flexibility index (Phi) is 4.46. The minimum atomic E-state index is -0.122. The van der Waals surface area contributed by atoms with Gasteiger partial charge in [-0.15, -0.1) is 0 Å². The van der Waals surface area contributed by atoms with Crippen molar-refractivity contribution in [1.29, 1.82) is 0 Å². The molecule has 19 heavy (non-hydrogen) atoms. The first-order valence-electron chi connectivity index (χ1n) is 7.27. The van der Waals surface area contributed by atoms with Gasteiger partial charge in [0.1, 0.15) is 5.82 Å². The fraction of sp³-hybridized carbons (Fsp3) is 0.625. The molecule has 1 aromatic carbocycles.